The van der Waals surface area contributed by atoms with E-state index in [1.807, 2.05) is 32.9 Å². The molecule has 0 aliphatic rings. The van der Waals surface area contributed by atoms with E-state index in [0.717, 1.165) is 5.56 Å². The maximum Gasteiger partial charge on any atom is 0.256 e. The number of hydrogen-bond donors (Lipinski definition) is 1. The molecule has 3 heteroatoms. The van der Waals surface area contributed by atoms with Crippen molar-refractivity contribution >= 4 is 11.6 Å². The molecule has 15 heavy (non-hydrogen) atoms. The first kappa shape index (κ1) is 11.6. The monoisotopic (exact) mass is 206 g/mol. The second-order valence-electron chi connectivity index (χ2n) is 4.05. The van der Waals surface area contributed by atoms with E-state index in [-0.39, 0.29) is 11.9 Å². The van der Waals surface area contributed by atoms with Gasteiger partial charge in [0, 0.05) is 18.8 Å². The molecule has 0 heterocycles. The quantitative estimate of drug-likeness (QED) is 0.753. The van der Waals surface area contributed by atoms with Gasteiger partial charge in [-0.2, -0.15) is 0 Å². The van der Waals surface area contributed by atoms with E-state index in [9.17, 15) is 4.79 Å². The summed E-state index contributed by atoms with van der Waals surface area (Å²) in [5, 5.41) is 0. The fourth-order valence-electron chi connectivity index (χ4n) is 1.39. The van der Waals surface area contributed by atoms with E-state index in [4.69, 9.17) is 5.73 Å². The van der Waals surface area contributed by atoms with E-state index in [1.165, 1.54) is 0 Å². The van der Waals surface area contributed by atoms with Crippen LogP contribution in [-0.4, -0.2) is 23.9 Å². The minimum absolute atomic E-state index is 0.0133. The van der Waals surface area contributed by atoms with Gasteiger partial charge in [0.1, 0.15) is 0 Å². The van der Waals surface area contributed by atoms with Gasteiger partial charge in [0.05, 0.1) is 5.56 Å². The molecule has 0 radical (unpaired) electrons. The highest BCUT2D eigenvalue weighted by Gasteiger charge is 2.18. The summed E-state index contributed by atoms with van der Waals surface area (Å²) in [5.41, 5.74) is 7.90. The normalized spacial score (nSPS) is 10.5. The van der Waals surface area contributed by atoms with Crippen molar-refractivity contribution in [1.82, 2.24) is 4.90 Å². The van der Waals surface area contributed by atoms with Gasteiger partial charge in [0.2, 0.25) is 0 Å². The summed E-state index contributed by atoms with van der Waals surface area (Å²) < 4.78 is 0. The number of aryl methyl sites for hydroxylation is 1. The van der Waals surface area contributed by atoms with Crippen molar-refractivity contribution in [2.24, 2.45) is 0 Å². The summed E-state index contributed by atoms with van der Waals surface area (Å²) >= 11 is 0. The van der Waals surface area contributed by atoms with Gasteiger partial charge in [-0.3, -0.25) is 4.79 Å². The molecule has 82 valence electrons. The lowest BCUT2D eigenvalue weighted by Gasteiger charge is -2.23. The van der Waals surface area contributed by atoms with Crippen molar-refractivity contribution in [2.75, 3.05) is 12.8 Å². The third-order valence-corrected chi connectivity index (χ3v) is 2.61. The number of anilines is 1. The molecule has 1 aromatic rings. The molecular weight excluding hydrogens is 188 g/mol. The summed E-state index contributed by atoms with van der Waals surface area (Å²) in [7, 11) is 1.79. The van der Waals surface area contributed by atoms with Crippen LogP contribution in [0.15, 0.2) is 18.2 Å². The summed E-state index contributed by atoms with van der Waals surface area (Å²) in [6, 6.07) is 5.69. The Kier molecular flexibility index (Phi) is 3.35. The largest absolute Gasteiger partial charge is 0.398 e. The van der Waals surface area contributed by atoms with Gasteiger partial charge in [-0.05, 0) is 32.4 Å². The van der Waals surface area contributed by atoms with Crippen molar-refractivity contribution < 1.29 is 4.79 Å². The molecule has 0 bridgehead atoms. The molecule has 0 fully saturated rings. The van der Waals surface area contributed by atoms with E-state index in [2.05, 4.69) is 0 Å². The Morgan fingerprint density at radius 1 is 1.40 bits per heavy atom. The van der Waals surface area contributed by atoms with Gasteiger partial charge < -0.3 is 10.6 Å². The van der Waals surface area contributed by atoms with Crippen LogP contribution >= 0.6 is 0 Å². The molecule has 0 unspecified atom stereocenters. The SMILES string of the molecule is Cc1cccc(N)c1C(=O)N(C)C(C)C. The first-order valence-corrected chi connectivity index (χ1v) is 5.07. The van der Waals surface area contributed by atoms with Crippen LogP contribution in [0.1, 0.15) is 29.8 Å². The molecule has 0 saturated heterocycles. The second kappa shape index (κ2) is 4.34. The van der Waals surface area contributed by atoms with Crippen molar-refractivity contribution in [1.29, 1.82) is 0 Å². The Balaban J connectivity index is 3.11. The van der Waals surface area contributed by atoms with Crippen molar-refractivity contribution in [3.63, 3.8) is 0 Å². The number of benzene rings is 1. The lowest BCUT2D eigenvalue weighted by Crippen LogP contribution is -2.33. The van der Waals surface area contributed by atoms with Gasteiger partial charge in [0.25, 0.3) is 5.91 Å². The Labute approximate surface area is 90.9 Å². The zero-order valence-electron chi connectivity index (χ0n) is 9.74. The highest BCUT2D eigenvalue weighted by molar-refractivity contribution is 6.00. The number of hydrogen-bond acceptors (Lipinski definition) is 2. The molecule has 0 saturated carbocycles. The maximum absolute atomic E-state index is 12.1. The topological polar surface area (TPSA) is 46.3 Å². The van der Waals surface area contributed by atoms with Crippen LogP contribution in [0.3, 0.4) is 0 Å². The minimum atomic E-state index is -0.0133. The average Bonchev–Trinajstić information content (AvgIpc) is 2.15. The number of nitrogens with zero attached hydrogens (tertiary/aromatic N) is 1. The van der Waals surface area contributed by atoms with Crippen LogP contribution in [0.4, 0.5) is 5.69 Å². The van der Waals surface area contributed by atoms with Crippen molar-refractivity contribution in [3.8, 4) is 0 Å². The van der Waals surface area contributed by atoms with Crippen LogP contribution in [0, 0.1) is 6.92 Å². The molecule has 1 aromatic carbocycles. The summed E-state index contributed by atoms with van der Waals surface area (Å²) in [5.74, 6) is -0.0133. The Hall–Kier alpha value is -1.51. The highest BCUT2D eigenvalue weighted by Crippen LogP contribution is 2.18. The molecule has 0 aromatic heterocycles. The van der Waals surface area contributed by atoms with Gasteiger partial charge in [-0.1, -0.05) is 12.1 Å². The fourth-order valence-corrected chi connectivity index (χ4v) is 1.39. The van der Waals surface area contributed by atoms with Crippen LogP contribution in [0.25, 0.3) is 0 Å². The predicted molar refractivity (Wildman–Crippen MR) is 62.8 cm³/mol. The van der Waals surface area contributed by atoms with E-state index < -0.39 is 0 Å². The summed E-state index contributed by atoms with van der Waals surface area (Å²) in [4.78, 5) is 13.8. The first-order valence-electron chi connectivity index (χ1n) is 5.07. The van der Waals surface area contributed by atoms with E-state index in [0.29, 0.717) is 11.3 Å². The van der Waals surface area contributed by atoms with Crippen LogP contribution in [0.2, 0.25) is 0 Å². The molecule has 0 aliphatic carbocycles. The Bertz CT molecular complexity index is 352. The van der Waals surface area contributed by atoms with E-state index >= 15 is 0 Å². The molecule has 0 aliphatic heterocycles. The summed E-state index contributed by atoms with van der Waals surface area (Å²) in [6.45, 7) is 5.86. The second-order valence-corrected chi connectivity index (χ2v) is 4.05. The predicted octanol–water partition coefficient (Wildman–Crippen LogP) is 2.06. The van der Waals surface area contributed by atoms with Gasteiger partial charge in [-0.15, -0.1) is 0 Å². The molecule has 3 nitrogen and oxygen atoms in total. The van der Waals surface area contributed by atoms with Crippen LogP contribution < -0.4 is 5.73 Å². The third kappa shape index (κ3) is 2.29. The van der Waals surface area contributed by atoms with Crippen molar-refractivity contribution in [2.45, 2.75) is 26.8 Å². The molecule has 0 spiro atoms. The Morgan fingerprint density at radius 2 is 2.00 bits per heavy atom. The minimum Gasteiger partial charge on any atom is -0.398 e. The summed E-state index contributed by atoms with van der Waals surface area (Å²) in [6.07, 6.45) is 0. The average molecular weight is 206 g/mol. The molecule has 0 atom stereocenters. The molecule has 1 amide bonds. The van der Waals surface area contributed by atoms with Crippen LogP contribution in [-0.2, 0) is 0 Å². The zero-order chi connectivity index (χ0) is 11.6. The number of nitrogen functional groups attached to an aromatic ring is 1. The highest BCUT2D eigenvalue weighted by atomic mass is 16.2. The smallest absolute Gasteiger partial charge is 0.256 e. The lowest BCUT2D eigenvalue weighted by molar-refractivity contribution is 0.0755. The molecular formula is C12H18N2O. The number of rotatable bonds is 2. The molecule has 2 N–H and O–H groups in total. The van der Waals surface area contributed by atoms with E-state index in [1.54, 1.807) is 18.0 Å². The maximum atomic E-state index is 12.1. The lowest BCUT2D eigenvalue weighted by atomic mass is 10.1. The zero-order valence-corrected chi connectivity index (χ0v) is 9.74. The Morgan fingerprint density at radius 3 is 2.47 bits per heavy atom. The van der Waals surface area contributed by atoms with Crippen molar-refractivity contribution in [3.05, 3.63) is 29.3 Å². The van der Waals surface area contributed by atoms with Gasteiger partial charge in [0.15, 0.2) is 0 Å². The standard InChI is InChI=1S/C12H18N2O/c1-8(2)14(4)12(15)11-9(3)6-5-7-10(11)13/h5-8H,13H2,1-4H3. The number of carbonyl (C=O) groups excluding carboxylic acids is 1. The van der Waals surface area contributed by atoms with Gasteiger partial charge in [-0.25, -0.2) is 0 Å². The fraction of sp³-hybridized carbons (Fsp3) is 0.417. The van der Waals surface area contributed by atoms with Crippen LogP contribution in [0.5, 0.6) is 0 Å². The third-order valence-electron chi connectivity index (χ3n) is 2.61. The number of amides is 1. The van der Waals surface area contributed by atoms with Gasteiger partial charge >= 0.3 is 0 Å². The first-order chi connectivity index (χ1) is 6.95. The molecule has 1 rings (SSSR count). The number of nitrogens with two attached hydrogens (primary N) is 1. The number of carbonyl (C=O) groups is 1.